The number of carbonyl (C=O) groups excluding carboxylic acids is 1. The number of hydrogen-bond acceptors (Lipinski definition) is 4. The maximum atomic E-state index is 11.5. The van der Waals surface area contributed by atoms with Gasteiger partial charge in [-0.2, -0.15) is 0 Å². The number of amides is 1. The standard InChI is InChI=1S/C11H22N2O3/c1-2-9(7-14)13-11(15)8-16-10-3-5-12-6-4-10/h9-10,12,14H,2-8H2,1H3,(H,13,15). The van der Waals surface area contributed by atoms with E-state index in [0.29, 0.717) is 0 Å². The van der Waals surface area contributed by atoms with Gasteiger partial charge in [-0.1, -0.05) is 6.92 Å². The second-order valence-corrected chi connectivity index (χ2v) is 4.12. The van der Waals surface area contributed by atoms with Crippen LogP contribution in [0.1, 0.15) is 26.2 Å². The van der Waals surface area contributed by atoms with Crippen LogP contribution >= 0.6 is 0 Å². The van der Waals surface area contributed by atoms with Gasteiger partial charge in [0.15, 0.2) is 0 Å². The van der Waals surface area contributed by atoms with Crippen molar-refractivity contribution in [3.8, 4) is 0 Å². The Morgan fingerprint density at radius 3 is 2.81 bits per heavy atom. The number of aliphatic hydroxyl groups excluding tert-OH is 1. The normalized spacial score (nSPS) is 19.4. The third-order valence-electron chi connectivity index (χ3n) is 2.81. The first-order valence-electron chi connectivity index (χ1n) is 5.98. The Kier molecular flexibility index (Phi) is 6.37. The van der Waals surface area contributed by atoms with E-state index in [9.17, 15) is 4.79 Å². The molecule has 1 fully saturated rings. The molecule has 1 heterocycles. The van der Waals surface area contributed by atoms with Crippen molar-refractivity contribution in [2.75, 3.05) is 26.3 Å². The van der Waals surface area contributed by atoms with Crippen molar-refractivity contribution in [3.05, 3.63) is 0 Å². The van der Waals surface area contributed by atoms with E-state index in [4.69, 9.17) is 9.84 Å². The van der Waals surface area contributed by atoms with Crippen molar-refractivity contribution in [1.29, 1.82) is 0 Å². The molecular weight excluding hydrogens is 208 g/mol. The van der Waals surface area contributed by atoms with Gasteiger partial charge < -0.3 is 20.5 Å². The fourth-order valence-electron chi connectivity index (χ4n) is 1.70. The summed E-state index contributed by atoms with van der Waals surface area (Å²) in [4.78, 5) is 11.5. The van der Waals surface area contributed by atoms with E-state index in [1.807, 2.05) is 6.92 Å². The number of piperidine rings is 1. The van der Waals surface area contributed by atoms with E-state index in [2.05, 4.69) is 10.6 Å². The van der Waals surface area contributed by atoms with Crippen LogP contribution in [-0.4, -0.2) is 49.5 Å². The number of carbonyl (C=O) groups is 1. The zero-order valence-corrected chi connectivity index (χ0v) is 9.87. The van der Waals surface area contributed by atoms with Crippen molar-refractivity contribution in [3.63, 3.8) is 0 Å². The molecule has 1 atom stereocenters. The van der Waals surface area contributed by atoms with Crippen LogP contribution in [-0.2, 0) is 9.53 Å². The molecule has 0 aromatic carbocycles. The molecule has 1 amide bonds. The molecule has 5 heteroatoms. The Bertz CT molecular complexity index is 201. The molecule has 0 spiro atoms. The molecule has 0 aromatic rings. The molecule has 1 saturated heterocycles. The molecule has 3 N–H and O–H groups in total. The Morgan fingerprint density at radius 2 is 2.25 bits per heavy atom. The van der Waals surface area contributed by atoms with Crippen LogP contribution in [0.3, 0.4) is 0 Å². The second-order valence-electron chi connectivity index (χ2n) is 4.12. The highest BCUT2D eigenvalue weighted by Gasteiger charge is 2.15. The molecule has 0 radical (unpaired) electrons. The van der Waals surface area contributed by atoms with Gasteiger partial charge in [0, 0.05) is 0 Å². The number of ether oxygens (including phenoxy) is 1. The summed E-state index contributed by atoms with van der Waals surface area (Å²) in [7, 11) is 0. The lowest BCUT2D eigenvalue weighted by Crippen LogP contribution is -2.41. The summed E-state index contributed by atoms with van der Waals surface area (Å²) < 4.78 is 5.50. The van der Waals surface area contributed by atoms with E-state index in [0.717, 1.165) is 32.4 Å². The third-order valence-corrected chi connectivity index (χ3v) is 2.81. The van der Waals surface area contributed by atoms with Gasteiger partial charge >= 0.3 is 0 Å². The predicted molar refractivity (Wildman–Crippen MR) is 61.2 cm³/mol. The lowest BCUT2D eigenvalue weighted by molar-refractivity contribution is -0.129. The van der Waals surface area contributed by atoms with Crippen LogP contribution in [0.2, 0.25) is 0 Å². The molecule has 1 rings (SSSR count). The average Bonchev–Trinajstić information content (AvgIpc) is 2.34. The van der Waals surface area contributed by atoms with Gasteiger partial charge in [0.25, 0.3) is 0 Å². The molecule has 0 aliphatic carbocycles. The van der Waals surface area contributed by atoms with E-state index in [1.54, 1.807) is 0 Å². The second kappa shape index (κ2) is 7.60. The molecular formula is C11H22N2O3. The largest absolute Gasteiger partial charge is 0.394 e. The van der Waals surface area contributed by atoms with E-state index < -0.39 is 0 Å². The van der Waals surface area contributed by atoms with Gasteiger partial charge in [-0.05, 0) is 32.4 Å². The lowest BCUT2D eigenvalue weighted by Gasteiger charge is -2.23. The molecule has 0 bridgehead atoms. The van der Waals surface area contributed by atoms with Gasteiger partial charge in [0.1, 0.15) is 6.61 Å². The average molecular weight is 230 g/mol. The summed E-state index contributed by atoms with van der Waals surface area (Å²) in [6.45, 7) is 3.92. The molecule has 16 heavy (non-hydrogen) atoms. The lowest BCUT2D eigenvalue weighted by atomic mass is 10.1. The first-order chi connectivity index (χ1) is 7.76. The zero-order valence-electron chi connectivity index (χ0n) is 9.87. The molecule has 1 aliphatic heterocycles. The summed E-state index contributed by atoms with van der Waals surface area (Å²) in [6, 6.07) is -0.149. The predicted octanol–water partition coefficient (Wildman–Crippen LogP) is -0.358. The minimum Gasteiger partial charge on any atom is -0.394 e. The van der Waals surface area contributed by atoms with Crippen molar-refractivity contribution >= 4 is 5.91 Å². The first-order valence-corrected chi connectivity index (χ1v) is 5.98. The number of aliphatic hydroxyl groups is 1. The summed E-state index contributed by atoms with van der Waals surface area (Å²) in [6.07, 6.45) is 2.85. The molecule has 5 nitrogen and oxygen atoms in total. The van der Waals surface area contributed by atoms with Crippen molar-refractivity contribution in [2.45, 2.75) is 38.3 Å². The van der Waals surface area contributed by atoms with Crippen LogP contribution in [0.5, 0.6) is 0 Å². The Labute approximate surface area is 96.6 Å². The van der Waals surface area contributed by atoms with Gasteiger partial charge in [0.2, 0.25) is 5.91 Å². The quantitative estimate of drug-likeness (QED) is 0.583. The smallest absolute Gasteiger partial charge is 0.246 e. The van der Waals surface area contributed by atoms with Crippen molar-refractivity contribution < 1.29 is 14.6 Å². The summed E-state index contributed by atoms with van der Waals surface area (Å²) in [5.41, 5.74) is 0. The maximum Gasteiger partial charge on any atom is 0.246 e. The summed E-state index contributed by atoms with van der Waals surface area (Å²) in [5.74, 6) is -0.139. The molecule has 1 unspecified atom stereocenters. The maximum absolute atomic E-state index is 11.5. The highest BCUT2D eigenvalue weighted by Crippen LogP contribution is 2.06. The fourth-order valence-corrected chi connectivity index (χ4v) is 1.70. The van der Waals surface area contributed by atoms with Gasteiger partial charge in [-0.25, -0.2) is 0 Å². The topological polar surface area (TPSA) is 70.6 Å². The summed E-state index contributed by atoms with van der Waals surface area (Å²) >= 11 is 0. The van der Waals surface area contributed by atoms with Crippen LogP contribution < -0.4 is 10.6 Å². The van der Waals surface area contributed by atoms with Crippen molar-refractivity contribution in [2.24, 2.45) is 0 Å². The molecule has 0 saturated carbocycles. The fraction of sp³-hybridized carbons (Fsp3) is 0.909. The van der Waals surface area contributed by atoms with Crippen LogP contribution in [0.25, 0.3) is 0 Å². The van der Waals surface area contributed by atoms with E-state index in [-0.39, 0.29) is 31.3 Å². The van der Waals surface area contributed by atoms with E-state index >= 15 is 0 Å². The van der Waals surface area contributed by atoms with E-state index in [1.165, 1.54) is 0 Å². The SMILES string of the molecule is CCC(CO)NC(=O)COC1CCNCC1. The van der Waals surface area contributed by atoms with Gasteiger partial charge in [-0.15, -0.1) is 0 Å². The number of hydrogen-bond donors (Lipinski definition) is 3. The monoisotopic (exact) mass is 230 g/mol. The Hall–Kier alpha value is -0.650. The Balaban J connectivity index is 2.13. The minimum atomic E-state index is -0.149. The van der Waals surface area contributed by atoms with Crippen LogP contribution in [0, 0.1) is 0 Å². The molecule has 94 valence electrons. The molecule has 0 aromatic heterocycles. The van der Waals surface area contributed by atoms with Crippen LogP contribution in [0.15, 0.2) is 0 Å². The highest BCUT2D eigenvalue weighted by molar-refractivity contribution is 5.77. The summed E-state index contributed by atoms with van der Waals surface area (Å²) in [5, 5.41) is 14.9. The minimum absolute atomic E-state index is 0.0183. The Morgan fingerprint density at radius 1 is 1.56 bits per heavy atom. The van der Waals surface area contributed by atoms with Gasteiger partial charge in [-0.3, -0.25) is 4.79 Å². The van der Waals surface area contributed by atoms with Gasteiger partial charge in [0.05, 0.1) is 18.8 Å². The zero-order chi connectivity index (χ0) is 11.8. The third kappa shape index (κ3) is 4.92. The first kappa shape index (κ1) is 13.4. The van der Waals surface area contributed by atoms with Crippen LogP contribution in [0.4, 0.5) is 0 Å². The highest BCUT2D eigenvalue weighted by atomic mass is 16.5. The van der Waals surface area contributed by atoms with Crippen molar-refractivity contribution in [1.82, 2.24) is 10.6 Å². The molecule has 1 aliphatic rings. The number of rotatable bonds is 6. The number of nitrogens with one attached hydrogen (secondary N) is 2.